The lowest BCUT2D eigenvalue weighted by Crippen LogP contribution is -1.74. The number of hydrogen-bond donors (Lipinski definition) is 3. The zero-order valence-electron chi connectivity index (χ0n) is 11.8. The molecule has 17 heavy (non-hydrogen) atoms. The third-order valence-electron chi connectivity index (χ3n) is 2.08. The van der Waals surface area contributed by atoms with Gasteiger partial charge in [0, 0.05) is 6.04 Å². The summed E-state index contributed by atoms with van der Waals surface area (Å²) < 4.78 is 22.7. The molecule has 2 aromatic rings. The molecule has 0 heterocycles. The number of phenolic OH excluding ortho intramolecular Hbond substituents is 3. The Morgan fingerprint density at radius 3 is 1.82 bits per heavy atom. The van der Waals surface area contributed by atoms with Gasteiger partial charge in [0.25, 0.3) is 0 Å². The number of aromatic hydroxyl groups is 3. The van der Waals surface area contributed by atoms with E-state index in [0.717, 1.165) is 5.56 Å². The van der Waals surface area contributed by atoms with Crippen LogP contribution in [0.25, 0.3) is 12.2 Å². The zero-order chi connectivity index (χ0) is 14.9. The first-order valence-corrected chi connectivity index (χ1v) is 4.90. The molecule has 0 fully saturated rings. The fourth-order valence-electron chi connectivity index (χ4n) is 1.31. The number of phenols is 3. The summed E-state index contributed by atoms with van der Waals surface area (Å²) in [6.45, 7) is 0. The molecule has 3 nitrogen and oxygen atoms in total. The van der Waals surface area contributed by atoms with Crippen LogP contribution in [-0.4, -0.2) is 15.3 Å². The van der Waals surface area contributed by atoms with Gasteiger partial charge in [-0.05, 0) is 35.3 Å². The lowest BCUT2D eigenvalue weighted by molar-refractivity contribution is 0.450. The van der Waals surface area contributed by atoms with E-state index in [4.69, 9.17) is 9.22 Å². The molecule has 0 aliphatic heterocycles. The fourth-order valence-corrected chi connectivity index (χ4v) is 1.31. The van der Waals surface area contributed by atoms with Crippen LogP contribution in [0.2, 0.25) is 0 Å². The van der Waals surface area contributed by atoms with E-state index < -0.39 is 17.5 Å². The first kappa shape index (κ1) is 7.79. The highest BCUT2D eigenvalue weighted by Gasteiger charge is 1.95. The van der Waals surface area contributed by atoms with Crippen LogP contribution in [0.1, 0.15) is 15.2 Å². The highest BCUT2D eigenvalue weighted by molar-refractivity contribution is 5.71. The van der Waals surface area contributed by atoms with Crippen LogP contribution in [-0.2, 0) is 0 Å². The number of rotatable bonds is 2. The summed E-state index contributed by atoms with van der Waals surface area (Å²) in [7, 11) is 0. The molecular formula is C14H12O3. The Bertz CT molecular complexity index is 650. The Morgan fingerprint density at radius 1 is 0.706 bits per heavy atom. The van der Waals surface area contributed by atoms with Crippen LogP contribution < -0.4 is 0 Å². The summed E-state index contributed by atoms with van der Waals surface area (Å²) >= 11 is 0. The predicted molar refractivity (Wildman–Crippen MR) is 66.8 cm³/mol. The second-order valence-corrected chi connectivity index (χ2v) is 3.41. The van der Waals surface area contributed by atoms with E-state index >= 15 is 0 Å². The topological polar surface area (TPSA) is 60.7 Å². The molecule has 0 atom stereocenters. The molecule has 0 bridgehead atoms. The molecule has 0 saturated carbocycles. The highest BCUT2D eigenvalue weighted by Crippen LogP contribution is 2.22. The summed E-state index contributed by atoms with van der Waals surface area (Å²) in [4.78, 5) is 0. The molecule has 2 aromatic carbocycles. The largest absolute Gasteiger partial charge is 0.508 e. The van der Waals surface area contributed by atoms with Crippen molar-refractivity contribution in [2.24, 2.45) is 0 Å². The maximum Gasteiger partial charge on any atom is 0.119 e. The molecule has 0 radical (unpaired) electrons. The minimum atomic E-state index is -0.663. The number of benzene rings is 2. The highest BCUT2D eigenvalue weighted by atomic mass is 16.3. The molecule has 0 saturated heterocycles. The molecular weight excluding hydrogens is 216 g/mol. The molecule has 0 aliphatic carbocycles. The second kappa shape index (κ2) is 4.61. The Kier molecular flexibility index (Phi) is 2.11. The summed E-state index contributed by atoms with van der Waals surface area (Å²) in [5.41, 5.74) is 0.736. The monoisotopic (exact) mass is 231 g/mol. The minimum Gasteiger partial charge on any atom is -0.508 e. The van der Waals surface area contributed by atoms with E-state index in [0.29, 0.717) is 0 Å². The molecule has 0 aliphatic rings. The van der Waals surface area contributed by atoms with Gasteiger partial charge in [-0.25, -0.2) is 0 Å². The Balaban J connectivity index is 2.46. The maximum absolute atomic E-state index is 9.54. The molecule has 0 aromatic heterocycles. The second-order valence-electron chi connectivity index (χ2n) is 3.41. The molecule has 3 heteroatoms. The Hall–Kier alpha value is -2.42. The third kappa shape index (κ3) is 3.01. The van der Waals surface area contributed by atoms with Crippen LogP contribution in [0.5, 0.6) is 17.2 Å². The van der Waals surface area contributed by atoms with Crippen molar-refractivity contribution in [3.05, 3.63) is 53.5 Å². The molecule has 0 spiro atoms. The molecule has 2 rings (SSSR count). The van der Waals surface area contributed by atoms with E-state index in [1.807, 2.05) is 0 Å². The lowest BCUT2D eigenvalue weighted by Gasteiger charge is -1.98. The lowest BCUT2D eigenvalue weighted by atomic mass is 10.1. The van der Waals surface area contributed by atoms with Crippen molar-refractivity contribution in [2.45, 2.75) is 0 Å². The molecule has 86 valence electrons. The van der Waals surface area contributed by atoms with Gasteiger partial charge >= 0.3 is 0 Å². The molecule has 0 unspecified atom stereocenters. The molecule has 3 N–H and O–H groups in total. The smallest absolute Gasteiger partial charge is 0.119 e. The Labute approximate surface area is 103 Å². The first-order chi connectivity index (χ1) is 9.41. The maximum atomic E-state index is 9.54. The summed E-state index contributed by atoms with van der Waals surface area (Å²) in [6, 6.07) is 4.87. The standard InChI is InChI=1S/C14H12O3/c15-12-5-3-10(4-6-12)1-2-11-7-13(16)9-14(17)8-11/h1-9,15-17H/b2-1+/i7D,8D,9D. The van der Waals surface area contributed by atoms with Crippen molar-refractivity contribution in [3.63, 3.8) is 0 Å². The van der Waals surface area contributed by atoms with Gasteiger partial charge < -0.3 is 15.3 Å². The third-order valence-corrected chi connectivity index (χ3v) is 2.08. The van der Waals surface area contributed by atoms with Crippen LogP contribution in [0.3, 0.4) is 0 Å². The molecule has 0 amide bonds. The van der Waals surface area contributed by atoms with Crippen LogP contribution in [0.4, 0.5) is 0 Å². The Morgan fingerprint density at radius 2 is 1.24 bits per heavy atom. The van der Waals surface area contributed by atoms with E-state index in [-0.39, 0.29) is 23.4 Å². The van der Waals surface area contributed by atoms with Crippen LogP contribution in [0.15, 0.2) is 42.4 Å². The van der Waals surface area contributed by atoms with Crippen molar-refractivity contribution >= 4 is 12.2 Å². The van der Waals surface area contributed by atoms with Gasteiger partial charge in [0.05, 0.1) is 4.11 Å². The van der Waals surface area contributed by atoms with Crippen molar-refractivity contribution < 1.29 is 19.4 Å². The van der Waals surface area contributed by atoms with E-state index in [1.54, 1.807) is 18.2 Å². The van der Waals surface area contributed by atoms with Crippen molar-refractivity contribution in [3.8, 4) is 17.2 Å². The summed E-state index contributed by atoms with van der Waals surface area (Å²) in [5, 5.41) is 28.2. The van der Waals surface area contributed by atoms with Gasteiger partial charge in [0.2, 0.25) is 0 Å². The van der Waals surface area contributed by atoms with Gasteiger partial charge in [0.15, 0.2) is 0 Å². The average Bonchev–Trinajstić information content (AvgIpc) is 2.45. The predicted octanol–water partition coefficient (Wildman–Crippen LogP) is 2.97. The van der Waals surface area contributed by atoms with Crippen molar-refractivity contribution in [1.29, 1.82) is 0 Å². The fraction of sp³-hybridized carbons (Fsp3) is 0. The van der Waals surface area contributed by atoms with Gasteiger partial charge in [-0.3, -0.25) is 0 Å². The van der Waals surface area contributed by atoms with Gasteiger partial charge in [-0.1, -0.05) is 24.3 Å². The van der Waals surface area contributed by atoms with Gasteiger partial charge in [0.1, 0.15) is 17.2 Å². The summed E-state index contributed by atoms with van der Waals surface area (Å²) in [6.07, 6.45) is 2.98. The average molecular weight is 231 g/mol. The normalized spacial score (nSPS) is 13.3. The van der Waals surface area contributed by atoms with Crippen molar-refractivity contribution in [2.75, 3.05) is 0 Å². The summed E-state index contributed by atoms with van der Waals surface area (Å²) in [5.74, 6) is -1.20. The van der Waals surface area contributed by atoms with Crippen LogP contribution >= 0.6 is 0 Å². The first-order valence-electron chi connectivity index (χ1n) is 6.40. The van der Waals surface area contributed by atoms with Crippen molar-refractivity contribution in [1.82, 2.24) is 0 Å². The minimum absolute atomic E-state index is 0.0177. The van der Waals surface area contributed by atoms with Gasteiger partial charge in [-0.15, -0.1) is 0 Å². The van der Waals surface area contributed by atoms with E-state index in [1.165, 1.54) is 18.2 Å². The van der Waals surface area contributed by atoms with Crippen LogP contribution in [0, 0.1) is 0 Å². The SMILES string of the molecule is [2H]c1c(O)c([2H])c(/C=C/c2ccc(O)cc2)c([2H])c1O. The van der Waals surface area contributed by atoms with E-state index in [9.17, 15) is 10.2 Å². The zero-order valence-corrected chi connectivity index (χ0v) is 8.81. The quantitative estimate of drug-likeness (QED) is 0.696. The van der Waals surface area contributed by atoms with E-state index in [2.05, 4.69) is 0 Å². The van der Waals surface area contributed by atoms with Gasteiger partial charge in [-0.2, -0.15) is 0 Å². The number of hydrogen-bond acceptors (Lipinski definition) is 3.